The minimum absolute atomic E-state index is 0.0831. The summed E-state index contributed by atoms with van der Waals surface area (Å²) in [7, 11) is -0.168. The fourth-order valence-corrected chi connectivity index (χ4v) is 3.13. The molecule has 3 heterocycles. The Kier molecular flexibility index (Phi) is 4.23. The van der Waals surface area contributed by atoms with E-state index in [0.717, 1.165) is 25.9 Å². The smallest absolute Gasteiger partial charge is 0.403 e. The van der Waals surface area contributed by atoms with Gasteiger partial charge in [0.2, 0.25) is 0 Å². The molecule has 6 heteroatoms. The van der Waals surface area contributed by atoms with E-state index in [2.05, 4.69) is 32.7 Å². The largest absolute Gasteiger partial charge is 0.461 e. The molecule has 5 nitrogen and oxygen atoms in total. The van der Waals surface area contributed by atoms with Crippen LogP contribution >= 0.6 is 0 Å². The lowest BCUT2D eigenvalue weighted by atomic mass is 9.66. The zero-order valence-electron chi connectivity index (χ0n) is 14.4. The third-order valence-electron chi connectivity index (χ3n) is 5.41. The topological polar surface area (TPSA) is 51.7 Å². The van der Waals surface area contributed by atoms with E-state index in [9.17, 15) is 4.79 Å². The molecule has 124 valence electrons. The highest BCUT2D eigenvalue weighted by molar-refractivity contribution is 6.47. The van der Waals surface area contributed by atoms with E-state index >= 15 is 0 Å². The van der Waals surface area contributed by atoms with E-state index in [4.69, 9.17) is 9.31 Å². The Morgan fingerprint density at radius 1 is 1.13 bits per heavy atom. The molecule has 3 rings (SSSR count). The maximum atomic E-state index is 12.5. The number of amides is 1. The van der Waals surface area contributed by atoms with Gasteiger partial charge in [-0.25, -0.2) is 0 Å². The van der Waals surface area contributed by atoms with Crippen LogP contribution < -0.4 is 0 Å². The average molecular weight is 316 g/mol. The van der Waals surface area contributed by atoms with E-state index in [1.807, 2.05) is 4.90 Å². The molecule has 0 aliphatic carbocycles. The normalized spacial score (nSPS) is 24.0. The number of rotatable bonds is 2. The Balaban J connectivity index is 1.58. The van der Waals surface area contributed by atoms with Gasteiger partial charge in [0, 0.05) is 31.0 Å². The highest BCUT2D eigenvalue weighted by Gasteiger charge is 2.53. The standard InChI is InChI=1S/C17H25BN2O3/c1-16(2)17(3,4)23-18(22-16)14-7-11-20(12-8-14)15(21)13-5-9-19-10-6-13/h5-6,9-10,14H,7-8,11-12H2,1-4H3. The highest BCUT2D eigenvalue weighted by atomic mass is 16.7. The Bertz CT molecular complexity index is 552. The third-order valence-corrected chi connectivity index (χ3v) is 5.41. The van der Waals surface area contributed by atoms with Crippen molar-refractivity contribution in [1.82, 2.24) is 9.88 Å². The van der Waals surface area contributed by atoms with Crippen LogP contribution in [0.3, 0.4) is 0 Å². The van der Waals surface area contributed by atoms with E-state index in [1.165, 1.54) is 0 Å². The second-order valence-electron chi connectivity index (χ2n) is 7.49. The number of nitrogens with zero attached hydrogens (tertiary/aromatic N) is 2. The van der Waals surface area contributed by atoms with Gasteiger partial charge >= 0.3 is 7.12 Å². The summed E-state index contributed by atoms with van der Waals surface area (Å²) >= 11 is 0. The third kappa shape index (κ3) is 3.15. The lowest BCUT2D eigenvalue weighted by molar-refractivity contribution is 0.00578. The van der Waals surface area contributed by atoms with E-state index in [1.54, 1.807) is 24.5 Å². The Labute approximate surface area is 138 Å². The fraction of sp³-hybridized carbons (Fsp3) is 0.647. The van der Waals surface area contributed by atoms with Crippen LogP contribution in [-0.2, 0) is 9.31 Å². The maximum Gasteiger partial charge on any atom is 0.461 e. The van der Waals surface area contributed by atoms with Gasteiger partial charge in [-0.3, -0.25) is 9.78 Å². The molecule has 0 N–H and O–H groups in total. The summed E-state index contributed by atoms with van der Waals surface area (Å²) in [6.07, 6.45) is 5.13. The van der Waals surface area contributed by atoms with Crippen molar-refractivity contribution in [2.45, 2.75) is 57.6 Å². The summed E-state index contributed by atoms with van der Waals surface area (Å²) in [6, 6.07) is 3.53. The number of hydrogen-bond acceptors (Lipinski definition) is 4. The first kappa shape index (κ1) is 16.5. The van der Waals surface area contributed by atoms with Gasteiger partial charge in [0.25, 0.3) is 5.91 Å². The number of likely N-dealkylation sites (tertiary alicyclic amines) is 1. The molecule has 0 unspecified atom stereocenters. The van der Waals surface area contributed by atoms with Crippen molar-refractivity contribution in [3.05, 3.63) is 30.1 Å². The van der Waals surface area contributed by atoms with Gasteiger partial charge in [0.05, 0.1) is 11.2 Å². The molecule has 2 saturated heterocycles. The first-order valence-electron chi connectivity index (χ1n) is 8.35. The van der Waals surface area contributed by atoms with Crippen LogP contribution in [0.25, 0.3) is 0 Å². The molecule has 2 fully saturated rings. The molecule has 23 heavy (non-hydrogen) atoms. The van der Waals surface area contributed by atoms with Crippen LogP contribution in [0, 0.1) is 0 Å². The number of pyridine rings is 1. The van der Waals surface area contributed by atoms with E-state index < -0.39 is 0 Å². The summed E-state index contributed by atoms with van der Waals surface area (Å²) in [6.45, 7) is 9.81. The zero-order chi connectivity index (χ0) is 16.7. The van der Waals surface area contributed by atoms with Crippen molar-refractivity contribution in [2.75, 3.05) is 13.1 Å². The monoisotopic (exact) mass is 316 g/mol. The molecular weight excluding hydrogens is 291 g/mol. The van der Waals surface area contributed by atoms with Crippen LogP contribution in [0.1, 0.15) is 50.9 Å². The van der Waals surface area contributed by atoms with E-state index in [0.29, 0.717) is 11.4 Å². The molecule has 0 aromatic carbocycles. The van der Waals surface area contributed by atoms with Crippen LogP contribution in [0.4, 0.5) is 0 Å². The summed E-state index contributed by atoms with van der Waals surface area (Å²) in [5, 5.41) is 0. The second kappa shape index (κ2) is 5.91. The maximum absolute atomic E-state index is 12.5. The van der Waals surface area contributed by atoms with Gasteiger partial charge in [-0.05, 0) is 58.5 Å². The summed E-state index contributed by atoms with van der Waals surface area (Å²) < 4.78 is 12.3. The van der Waals surface area contributed by atoms with Gasteiger partial charge in [0.1, 0.15) is 0 Å². The molecule has 0 spiro atoms. The number of carbonyl (C=O) groups is 1. The number of aromatic nitrogens is 1. The molecule has 1 aromatic heterocycles. The number of carbonyl (C=O) groups excluding carboxylic acids is 1. The lowest BCUT2D eigenvalue weighted by Crippen LogP contribution is -2.41. The average Bonchev–Trinajstić information content (AvgIpc) is 2.76. The summed E-state index contributed by atoms with van der Waals surface area (Å²) in [5.74, 6) is 0.428. The van der Waals surface area contributed by atoms with E-state index in [-0.39, 0.29) is 24.2 Å². The number of piperidine rings is 1. The van der Waals surface area contributed by atoms with Crippen molar-refractivity contribution in [2.24, 2.45) is 0 Å². The molecular formula is C17H25BN2O3. The Hall–Kier alpha value is -1.40. The first-order valence-corrected chi connectivity index (χ1v) is 8.35. The summed E-state index contributed by atoms with van der Waals surface area (Å²) in [5.41, 5.74) is 0.123. The first-order chi connectivity index (χ1) is 10.8. The van der Waals surface area contributed by atoms with Crippen LogP contribution in [-0.4, -0.2) is 47.2 Å². The predicted octanol–water partition coefficient (Wildman–Crippen LogP) is 2.78. The van der Waals surface area contributed by atoms with Gasteiger partial charge in [-0.2, -0.15) is 0 Å². The molecule has 0 saturated carbocycles. The summed E-state index contributed by atoms with van der Waals surface area (Å²) in [4.78, 5) is 18.3. The van der Waals surface area contributed by atoms with Gasteiger partial charge in [-0.1, -0.05) is 0 Å². The fourth-order valence-electron chi connectivity index (χ4n) is 3.13. The zero-order valence-corrected chi connectivity index (χ0v) is 14.4. The lowest BCUT2D eigenvalue weighted by Gasteiger charge is -2.32. The Morgan fingerprint density at radius 3 is 2.17 bits per heavy atom. The van der Waals surface area contributed by atoms with Crippen LogP contribution in [0.15, 0.2) is 24.5 Å². The molecule has 0 radical (unpaired) electrons. The molecule has 1 amide bonds. The second-order valence-corrected chi connectivity index (χ2v) is 7.49. The highest BCUT2D eigenvalue weighted by Crippen LogP contribution is 2.42. The molecule has 2 aliphatic heterocycles. The van der Waals surface area contributed by atoms with Crippen molar-refractivity contribution in [1.29, 1.82) is 0 Å². The Morgan fingerprint density at radius 2 is 1.65 bits per heavy atom. The van der Waals surface area contributed by atoms with Crippen molar-refractivity contribution < 1.29 is 14.1 Å². The number of hydrogen-bond donors (Lipinski definition) is 0. The SMILES string of the molecule is CC1(C)OB(C2CCN(C(=O)c3ccncc3)CC2)OC1(C)C. The van der Waals surface area contributed by atoms with Gasteiger partial charge < -0.3 is 14.2 Å². The van der Waals surface area contributed by atoms with Crippen LogP contribution in [0.2, 0.25) is 5.82 Å². The van der Waals surface area contributed by atoms with Crippen molar-refractivity contribution in [3.8, 4) is 0 Å². The molecule has 2 aliphatic rings. The quantitative estimate of drug-likeness (QED) is 0.787. The molecule has 0 bridgehead atoms. The van der Waals surface area contributed by atoms with Crippen molar-refractivity contribution in [3.63, 3.8) is 0 Å². The van der Waals surface area contributed by atoms with Crippen molar-refractivity contribution >= 4 is 13.0 Å². The van der Waals surface area contributed by atoms with Gasteiger partial charge in [0.15, 0.2) is 0 Å². The van der Waals surface area contributed by atoms with Crippen LogP contribution in [0.5, 0.6) is 0 Å². The molecule has 0 atom stereocenters. The predicted molar refractivity (Wildman–Crippen MR) is 89.2 cm³/mol. The van der Waals surface area contributed by atoms with Gasteiger partial charge in [-0.15, -0.1) is 0 Å². The molecule has 1 aromatic rings. The minimum Gasteiger partial charge on any atom is -0.403 e. The minimum atomic E-state index is -0.290.